The number of nitrogen functional groups attached to an aromatic ring is 2. The number of nitrogens with two attached hydrogens (primary N) is 2. The van der Waals surface area contributed by atoms with Gasteiger partial charge in [-0.2, -0.15) is 9.67 Å². The van der Waals surface area contributed by atoms with Crippen LogP contribution in [-0.4, -0.2) is 98.7 Å². The molecule has 3 saturated heterocycles. The number of hydrogen-bond acceptors (Lipinski definition) is 18. The van der Waals surface area contributed by atoms with Crippen LogP contribution >= 0.6 is 44.2 Å². The van der Waals surface area contributed by atoms with Gasteiger partial charge in [-0.15, -0.1) is 22.8 Å². The number of nitrogens with one attached hydrogen (secondary N) is 1. The number of aromatic amines is 1. The number of hydrogen-bond donors (Lipinski definition) is 5. The smallest absolute Gasteiger partial charge is 0.282 e. The third-order valence-electron chi connectivity index (χ3n) is 6.97. The molecule has 4 aromatic rings. The molecule has 0 saturated carbocycles. The normalized spacial score (nSPS) is 35.4. The number of H-pyrrole nitrogens is 1. The number of thiol groups is 2. The second kappa shape index (κ2) is 11.5. The molecule has 0 amide bonds. The lowest BCUT2D eigenvalue weighted by molar-refractivity contribution is -0.123. The Morgan fingerprint density at radius 2 is 1.86 bits per heavy atom. The zero-order chi connectivity index (χ0) is 30.0. The summed E-state index contributed by atoms with van der Waals surface area (Å²) in [5, 5.41) is 14.8. The molecule has 5 N–H and O–H groups in total. The zero-order valence-electron chi connectivity index (χ0n) is 21.3. The summed E-state index contributed by atoms with van der Waals surface area (Å²) in [5.74, 6) is -0.995. The molecule has 0 spiro atoms. The first-order chi connectivity index (χ1) is 20.7. The van der Waals surface area contributed by atoms with Crippen LogP contribution in [0.25, 0.3) is 22.3 Å². The van der Waals surface area contributed by atoms with Gasteiger partial charge in [-0.25, -0.2) is 23.4 Å². The Balaban J connectivity index is 1.15. The van der Waals surface area contributed by atoms with Gasteiger partial charge in [0, 0.05) is 5.92 Å². The van der Waals surface area contributed by atoms with Gasteiger partial charge in [-0.1, -0.05) is 34.4 Å². The lowest BCUT2D eigenvalue weighted by Gasteiger charge is -2.24. The number of rotatable bonds is 2. The van der Waals surface area contributed by atoms with Crippen LogP contribution in [0.3, 0.4) is 0 Å². The molecule has 3 fully saturated rings. The number of aromatic nitrogens is 10. The van der Waals surface area contributed by atoms with Crippen LogP contribution in [-0.2, 0) is 23.3 Å². The SMILES string of the molecule is Nc1nc2c(nnn2[C@@H]2SC3OC(S)OC[C@H]4[C@H](F)[C@H](n5nnc6c(N)ncnc65)O[C@@H]4COP(S)O[C@@H]2[C@@H]3F)c(=O)[nH]1. The standard InChI is InChI=1S/C19H21F2N12O6PS3/c20-6-4-1-35-19(41)38-17-7(21)10(16(43-17)33-13-9(29-31-33)14(34)27-18(23)26-13)39-40(42)36-2-5(4)37-15(6)32-12-8(28-30-32)11(22)24-3-25-12/h3-7,10,15-17,19,41-42H,1-2H2,(H2,22,24,25)(H3,23,26,27,34)/t4-,5-,6+,7+,10-,15-,16-,17?,19?,40?/m1/s1. The average molecular weight is 679 g/mol. The molecule has 3 aliphatic heterocycles. The Morgan fingerprint density at radius 1 is 1.07 bits per heavy atom. The van der Waals surface area contributed by atoms with Crippen molar-refractivity contribution in [3.8, 4) is 0 Å². The van der Waals surface area contributed by atoms with E-state index in [1.807, 2.05) is 0 Å². The van der Waals surface area contributed by atoms with Crippen LogP contribution in [0.2, 0.25) is 0 Å². The third-order valence-corrected chi connectivity index (χ3v) is 10.0. The van der Waals surface area contributed by atoms with Crippen LogP contribution in [0.5, 0.6) is 0 Å². The maximum atomic E-state index is 15.9. The number of anilines is 2. The van der Waals surface area contributed by atoms with Crippen LogP contribution in [0, 0.1) is 5.92 Å². The van der Waals surface area contributed by atoms with Gasteiger partial charge < -0.3 is 34.7 Å². The fourth-order valence-corrected chi connectivity index (χ4v) is 7.99. The lowest BCUT2D eigenvalue weighted by atomic mass is 10.0. The first kappa shape index (κ1) is 29.2. The first-order valence-electron chi connectivity index (χ1n) is 12.4. The molecule has 3 unspecified atom stereocenters. The van der Waals surface area contributed by atoms with Crippen LogP contribution < -0.4 is 17.0 Å². The van der Waals surface area contributed by atoms with E-state index >= 15 is 8.78 Å². The highest BCUT2D eigenvalue weighted by molar-refractivity contribution is 8.41. The van der Waals surface area contributed by atoms with E-state index in [0.29, 0.717) is 0 Å². The Kier molecular flexibility index (Phi) is 7.78. The fraction of sp³-hybridized carbons (Fsp3) is 0.579. The summed E-state index contributed by atoms with van der Waals surface area (Å²) in [5.41, 5.74) is 8.75. The molecule has 0 aliphatic carbocycles. The van der Waals surface area contributed by atoms with Crippen molar-refractivity contribution in [2.24, 2.45) is 5.92 Å². The van der Waals surface area contributed by atoms with Crippen molar-refractivity contribution in [2.45, 2.75) is 47.2 Å². The summed E-state index contributed by atoms with van der Waals surface area (Å²) in [6.07, 6.45) is -5.63. The molecule has 24 heteroatoms. The molecular formula is C19H21F2N12O6PS3. The van der Waals surface area contributed by atoms with Crippen molar-refractivity contribution in [3.63, 3.8) is 0 Å². The summed E-state index contributed by atoms with van der Waals surface area (Å²) in [4.78, 5) is 26.7. The largest absolute Gasteiger partial charge is 0.382 e. The predicted octanol–water partition coefficient (Wildman–Crippen LogP) is 0.494. The van der Waals surface area contributed by atoms with Crippen molar-refractivity contribution in [3.05, 3.63) is 16.7 Å². The molecule has 0 radical (unpaired) electrons. The van der Waals surface area contributed by atoms with E-state index in [1.54, 1.807) is 0 Å². The van der Waals surface area contributed by atoms with Gasteiger partial charge in [-0.3, -0.25) is 9.78 Å². The highest BCUT2D eigenvalue weighted by Crippen LogP contribution is 2.54. The van der Waals surface area contributed by atoms with Gasteiger partial charge in [0.05, 0.1) is 19.3 Å². The molecular weight excluding hydrogens is 657 g/mol. The first-order valence-corrected chi connectivity index (χ1v) is 16.2. The number of fused-ring (bicyclic) bond motifs is 5. The van der Waals surface area contributed by atoms with E-state index in [4.69, 9.17) is 34.7 Å². The third kappa shape index (κ3) is 5.19. The van der Waals surface area contributed by atoms with Crippen molar-refractivity contribution in [2.75, 3.05) is 24.7 Å². The van der Waals surface area contributed by atoms with Gasteiger partial charge in [0.2, 0.25) is 19.1 Å². The van der Waals surface area contributed by atoms with Crippen LogP contribution in [0.15, 0.2) is 11.1 Å². The Morgan fingerprint density at radius 3 is 2.70 bits per heavy atom. The Labute approximate surface area is 254 Å². The lowest BCUT2D eigenvalue weighted by Crippen LogP contribution is -2.33. The maximum Gasteiger partial charge on any atom is 0.282 e. The molecule has 43 heavy (non-hydrogen) atoms. The van der Waals surface area contributed by atoms with E-state index in [-0.39, 0.29) is 47.3 Å². The Hall–Kier alpha value is -2.50. The van der Waals surface area contributed by atoms with Gasteiger partial charge in [0.25, 0.3) is 5.56 Å². The van der Waals surface area contributed by atoms with Gasteiger partial charge >= 0.3 is 0 Å². The second-order valence-corrected chi connectivity index (χ2v) is 13.1. The monoisotopic (exact) mass is 678 g/mol. The fourth-order valence-electron chi connectivity index (χ4n) is 4.94. The molecule has 3 aliphatic rings. The summed E-state index contributed by atoms with van der Waals surface area (Å²) in [7, 11) is -2.06. The molecule has 2 bridgehead atoms. The molecule has 18 nitrogen and oxygen atoms in total. The van der Waals surface area contributed by atoms with Crippen LogP contribution in [0.1, 0.15) is 11.6 Å². The van der Waals surface area contributed by atoms with Gasteiger partial charge in [-0.05, 0) is 0 Å². The molecule has 230 valence electrons. The van der Waals surface area contributed by atoms with E-state index in [2.05, 4.69) is 65.4 Å². The van der Waals surface area contributed by atoms with Crippen LogP contribution in [0.4, 0.5) is 20.5 Å². The number of alkyl halides is 2. The van der Waals surface area contributed by atoms with Crippen molar-refractivity contribution in [1.29, 1.82) is 0 Å². The summed E-state index contributed by atoms with van der Waals surface area (Å²) >= 11 is 9.65. The minimum absolute atomic E-state index is 0.0132. The zero-order valence-corrected chi connectivity index (χ0v) is 24.8. The highest BCUT2D eigenvalue weighted by atomic mass is 32.7. The molecule has 10 atom stereocenters. The van der Waals surface area contributed by atoms with Gasteiger partial charge in [0.15, 0.2) is 46.7 Å². The minimum Gasteiger partial charge on any atom is -0.382 e. The molecule has 4 aromatic heterocycles. The molecule has 0 aromatic carbocycles. The topological polar surface area (TPSA) is 231 Å². The molecule has 7 heterocycles. The number of halogens is 2. The summed E-state index contributed by atoms with van der Waals surface area (Å²) in [6, 6.07) is 0. The number of ether oxygens (including phenoxy) is 3. The van der Waals surface area contributed by atoms with E-state index < -0.39 is 66.3 Å². The predicted molar refractivity (Wildman–Crippen MR) is 152 cm³/mol. The number of thioether (sulfide) groups is 1. The van der Waals surface area contributed by atoms with Gasteiger partial charge in [0.1, 0.15) is 23.2 Å². The quantitative estimate of drug-likeness (QED) is 0.143. The minimum atomic E-state index is -2.06. The summed E-state index contributed by atoms with van der Waals surface area (Å²) < 4.78 is 63.2. The van der Waals surface area contributed by atoms with E-state index in [1.165, 1.54) is 15.7 Å². The average Bonchev–Trinajstić information content (AvgIpc) is 3.72. The van der Waals surface area contributed by atoms with Crippen molar-refractivity contribution in [1.82, 2.24) is 49.9 Å². The molecule has 7 rings (SSSR count). The van der Waals surface area contributed by atoms with E-state index in [9.17, 15) is 4.79 Å². The second-order valence-electron chi connectivity index (χ2n) is 9.52. The number of nitrogens with zero attached hydrogens (tertiary/aromatic N) is 9. The van der Waals surface area contributed by atoms with E-state index in [0.717, 1.165) is 11.8 Å². The maximum absolute atomic E-state index is 15.9. The highest BCUT2D eigenvalue weighted by Gasteiger charge is 2.52. The summed E-state index contributed by atoms with van der Waals surface area (Å²) in [6.45, 7) is -0.442. The Bertz CT molecular complexity index is 1720. The van der Waals surface area contributed by atoms with Crippen molar-refractivity contribution >= 4 is 78.3 Å². The van der Waals surface area contributed by atoms with Crippen molar-refractivity contribution < 1.29 is 32.0 Å².